The molecular formula is C28H38O. The Morgan fingerprint density at radius 3 is 1.45 bits per heavy atom. The van der Waals surface area contributed by atoms with E-state index >= 15 is 0 Å². The van der Waals surface area contributed by atoms with E-state index < -0.39 is 0 Å². The van der Waals surface area contributed by atoms with Gasteiger partial charge in [0.2, 0.25) is 0 Å². The molecule has 8 aliphatic carbocycles. The highest BCUT2D eigenvalue weighted by Gasteiger charge is 2.55. The molecule has 8 aliphatic rings. The van der Waals surface area contributed by atoms with Crippen molar-refractivity contribution in [2.45, 2.75) is 102 Å². The molecule has 9 rings (SSSR count). The smallest absolute Gasteiger partial charge is 0.122 e. The molecule has 0 aromatic heterocycles. The number of benzene rings is 1. The highest BCUT2D eigenvalue weighted by Crippen LogP contribution is 2.65. The van der Waals surface area contributed by atoms with Crippen molar-refractivity contribution in [3.63, 3.8) is 0 Å². The molecule has 1 N–H and O–H groups in total. The van der Waals surface area contributed by atoms with Gasteiger partial charge in [-0.3, -0.25) is 0 Å². The average Bonchev–Trinajstić information content (AvgIpc) is 2.62. The van der Waals surface area contributed by atoms with Crippen molar-refractivity contribution in [3.8, 4) is 5.75 Å². The molecule has 1 aromatic rings. The first-order valence-electron chi connectivity index (χ1n) is 12.8. The minimum Gasteiger partial charge on any atom is -0.507 e. The standard InChI is InChI=1S/C28H38O/c1-16-3-24(27-10-18-4-19(11-27)6-20(5-18)12-27)17(2)25(26(16)29)28-13-21-7-22(14-28)9-23(8-21)15-28/h3,18-23,29H,4-15H2,1-2H3. The molecule has 1 nitrogen and oxygen atoms in total. The first-order valence-corrected chi connectivity index (χ1v) is 12.8. The Kier molecular flexibility index (Phi) is 3.43. The summed E-state index contributed by atoms with van der Waals surface area (Å²) in [5.41, 5.74) is 6.55. The zero-order chi connectivity index (χ0) is 19.5. The predicted octanol–water partition coefficient (Wildman–Crippen LogP) is 6.94. The van der Waals surface area contributed by atoms with Gasteiger partial charge in [-0.25, -0.2) is 0 Å². The fourth-order valence-corrected chi connectivity index (χ4v) is 11.0. The molecule has 1 heteroatoms. The Labute approximate surface area is 176 Å². The quantitative estimate of drug-likeness (QED) is 0.579. The summed E-state index contributed by atoms with van der Waals surface area (Å²) in [6.45, 7) is 4.61. The van der Waals surface area contributed by atoms with E-state index in [1.165, 1.54) is 93.7 Å². The lowest BCUT2D eigenvalue weighted by Crippen LogP contribution is -2.50. The molecular weight excluding hydrogens is 352 g/mol. The lowest BCUT2D eigenvalue weighted by atomic mass is 9.45. The van der Waals surface area contributed by atoms with Crippen LogP contribution in [0.15, 0.2) is 6.07 Å². The second kappa shape index (κ2) is 5.63. The monoisotopic (exact) mass is 390 g/mol. The summed E-state index contributed by atoms with van der Waals surface area (Å²) in [6, 6.07) is 2.45. The summed E-state index contributed by atoms with van der Waals surface area (Å²) >= 11 is 0. The van der Waals surface area contributed by atoms with Crippen LogP contribution in [-0.4, -0.2) is 5.11 Å². The van der Waals surface area contributed by atoms with Crippen LogP contribution in [-0.2, 0) is 10.8 Å². The van der Waals surface area contributed by atoms with E-state index in [1.807, 2.05) is 0 Å². The van der Waals surface area contributed by atoms with Crippen LogP contribution >= 0.6 is 0 Å². The van der Waals surface area contributed by atoms with Crippen molar-refractivity contribution < 1.29 is 5.11 Å². The van der Waals surface area contributed by atoms with Gasteiger partial charge in [0.1, 0.15) is 5.75 Å². The molecule has 0 saturated heterocycles. The van der Waals surface area contributed by atoms with E-state index in [0.29, 0.717) is 16.6 Å². The Morgan fingerprint density at radius 1 is 0.655 bits per heavy atom. The molecule has 0 unspecified atom stereocenters. The van der Waals surface area contributed by atoms with Crippen molar-refractivity contribution in [2.75, 3.05) is 0 Å². The molecule has 29 heavy (non-hydrogen) atoms. The molecule has 0 spiro atoms. The maximum atomic E-state index is 11.4. The van der Waals surface area contributed by atoms with Crippen LogP contribution in [0.1, 0.15) is 99.3 Å². The molecule has 156 valence electrons. The number of aryl methyl sites for hydroxylation is 1. The number of hydrogen-bond donors (Lipinski definition) is 1. The number of hydrogen-bond acceptors (Lipinski definition) is 1. The van der Waals surface area contributed by atoms with Crippen LogP contribution < -0.4 is 0 Å². The number of rotatable bonds is 2. The van der Waals surface area contributed by atoms with Crippen molar-refractivity contribution in [2.24, 2.45) is 35.5 Å². The fourth-order valence-electron chi connectivity index (χ4n) is 11.0. The first-order chi connectivity index (χ1) is 13.9. The predicted molar refractivity (Wildman–Crippen MR) is 117 cm³/mol. The van der Waals surface area contributed by atoms with Gasteiger partial charge in [0.25, 0.3) is 0 Å². The molecule has 0 atom stereocenters. The van der Waals surface area contributed by atoms with E-state index in [4.69, 9.17) is 0 Å². The van der Waals surface area contributed by atoms with Gasteiger partial charge in [-0.15, -0.1) is 0 Å². The van der Waals surface area contributed by atoms with Gasteiger partial charge >= 0.3 is 0 Å². The third-order valence-corrected chi connectivity index (χ3v) is 10.9. The summed E-state index contributed by atoms with van der Waals surface area (Å²) in [5, 5.41) is 11.4. The summed E-state index contributed by atoms with van der Waals surface area (Å²) < 4.78 is 0. The summed E-state index contributed by atoms with van der Waals surface area (Å²) in [7, 11) is 0. The van der Waals surface area contributed by atoms with Crippen molar-refractivity contribution in [1.29, 1.82) is 0 Å². The molecule has 8 bridgehead atoms. The summed E-state index contributed by atoms with van der Waals surface area (Å²) in [4.78, 5) is 0. The second-order valence-electron chi connectivity index (χ2n) is 13.0. The van der Waals surface area contributed by atoms with Crippen molar-refractivity contribution in [3.05, 3.63) is 28.3 Å². The van der Waals surface area contributed by atoms with E-state index in [9.17, 15) is 5.11 Å². The fraction of sp³-hybridized carbons (Fsp3) is 0.786. The van der Waals surface area contributed by atoms with Gasteiger partial charge in [-0.05, 0) is 149 Å². The van der Waals surface area contributed by atoms with Crippen LogP contribution in [0.5, 0.6) is 5.75 Å². The molecule has 0 radical (unpaired) electrons. The maximum absolute atomic E-state index is 11.4. The zero-order valence-corrected chi connectivity index (χ0v) is 18.5. The van der Waals surface area contributed by atoms with Crippen LogP contribution in [0.3, 0.4) is 0 Å². The molecule has 8 fully saturated rings. The van der Waals surface area contributed by atoms with Gasteiger partial charge in [0.05, 0.1) is 0 Å². The van der Waals surface area contributed by atoms with Gasteiger partial charge in [-0.2, -0.15) is 0 Å². The normalized spacial score (nSPS) is 49.2. The van der Waals surface area contributed by atoms with Gasteiger partial charge in [0, 0.05) is 11.0 Å². The number of phenolic OH excluding ortho intramolecular Hbond substituents is 1. The third kappa shape index (κ3) is 2.34. The number of aromatic hydroxyl groups is 1. The van der Waals surface area contributed by atoms with Gasteiger partial charge in [-0.1, -0.05) is 6.07 Å². The Balaban J connectivity index is 1.39. The first kappa shape index (κ1) is 17.7. The highest BCUT2D eigenvalue weighted by atomic mass is 16.3. The minimum absolute atomic E-state index is 0.298. The maximum Gasteiger partial charge on any atom is 0.122 e. The van der Waals surface area contributed by atoms with E-state index in [0.717, 1.165) is 35.5 Å². The summed E-state index contributed by atoms with van der Waals surface area (Å²) in [5.74, 6) is 6.43. The topological polar surface area (TPSA) is 20.2 Å². The largest absolute Gasteiger partial charge is 0.507 e. The lowest BCUT2D eigenvalue weighted by Gasteiger charge is -2.59. The Hall–Kier alpha value is -0.980. The Bertz CT molecular complexity index is 806. The van der Waals surface area contributed by atoms with Gasteiger partial charge in [0.15, 0.2) is 0 Å². The van der Waals surface area contributed by atoms with Crippen molar-refractivity contribution in [1.82, 2.24) is 0 Å². The minimum atomic E-state index is 0.298. The van der Waals surface area contributed by atoms with Crippen LogP contribution in [0, 0.1) is 49.4 Å². The van der Waals surface area contributed by atoms with E-state index in [2.05, 4.69) is 19.9 Å². The lowest BCUT2D eigenvalue weighted by molar-refractivity contribution is -0.00961. The molecule has 8 saturated carbocycles. The zero-order valence-electron chi connectivity index (χ0n) is 18.5. The molecule has 1 aromatic carbocycles. The van der Waals surface area contributed by atoms with Gasteiger partial charge < -0.3 is 5.11 Å². The molecule has 0 aliphatic heterocycles. The van der Waals surface area contributed by atoms with Crippen LogP contribution in [0.4, 0.5) is 0 Å². The van der Waals surface area contributed by atoms with E-state index in [-0.39, 0.29) is 0 Å². The second-order valence-corrected chi connectivity index (χ2v) is 13.0. The van der Waals surface area contributed by atoms with E-state index in [1.54, 1.807) is 5.56 Å². The van der Waals surface area contributed by atoms with Crippen LogP contribution in [0.25, 0.3) is 0 Å². The molecule has 0 heterocycles. The molecule has 0 amide bonds. The Morgan fingerprint density at radius 2 is 1.03 bits per heavy atom. The summed E-state index contributed by atoms with van der Waals surface area (Å²) in [6.07, 6.45) is 17.3. The average molecular weight is 391 g/mol. The third-order valence-electron chi connectivity index (χ3n) is 10.9. The SMILES string of the molecule is Cc1cc(C23CC4CC(CC(C4)C2)C3)c(C)c(C23CC4CC(CC(C4)C2)C3)c1O. The number of phenols is 1. The van der Waals surface area contributed by atoms with Crippen LogP contribution in [0.2, 0.25) is 0 Å². The van der Waals surface area contributed by atoms with Crippen molar-refractivity contribution >= 4 is 0 Å². The highest BCUT2D eigenvalue weighted by molar-refractivity contribution is 5.56.